The minimum absolute atomic E-state index is 0.00286. The maximum atomic E-state index is 12.0. The first kappa shape index (κ1) is 16.4. The standard InChI is InChI=1S/C12H21N3O5/c13-10(18)9-1-3-14(4-2-9)11(19)12(20)15(5-7-16)6-8-17/h9,16-17H,1-8H2,(H2,13,18). The molecule has 0 aromatic heterocycles. The monoisotopic (exact) mass is 287 g/mol. The predicted octanol–water partition coefficient (Wildman–Crippen LogP) is -2.48. The first-order valence-corrected chi connectivity index (χ1v) is 6.60. The van der Waals surface area contributed by atoms with Crippen molar-refractivity contribution in [3.63, 3.8) is 0 Å². The Kier molecular flexibility index (Phi) is 6.40. The summed E-state index contributed by atoms with van der Waals surface area (Å²) in [7, 11) is 0. The summed E-state index contributed by atoms with van der Waals surface area (Å²) < 4.78 is 0. The Hall–Kier alpha value is -1.67. The Balaban J connectivity index is 2.56. The lowest BCUT2D eigenvalue weighted by Crippen LogP contribution is -2.50. The molecule has 1 fully saturated rings. The van der Waals surface area contributed by atoms with Crippen molar-refractivity contribution in [1.82, 2.24) is 9.80 Å². The van der Waals surface area contributed by atoms with Crippen LogP contribution in [0.4, 0.5) is 0 Å². The lowest BCUT2D eigenvalue weighted by Gasteiger charge is -2.31. The fourth-order valence-corrected chi connectivity index (χ4v) is 2.19. The molecule has 0 aliphatic carbocycles. The number of aliphatic hydroxyl groups excluding tert-OH is 2. The molecule has 8 heteroatoms. The summed E-state index contributed by atoms with van der Waals surface area (Å²) in [5.74, 6) is -2.05. The summed E-state index contributed by atoms with van der Waals surface area (Å²) in [5.41, 5.74) is 5.20. The molecule has 0 radical (unpaired) electrons. The highest BCUT2D eigenvalue weighted by Gasteiger charge is 2.31. The minimum atomic E-state index is -0.745. The van der Waals surface area contributed by atoms with Crippen LogP contribution in [-0.4, -0.2) is 77.1 Å². The van der Waals surface area contributed by atoms with Crippen molar-refractivity contribution >= 4 is 17.7 Å². The van der Waals surface area contributed by atoms with Crippen LogP contribution in [-0.2, 0) is 14.4 Å². The Morgan fingerprint density at radius 2 is 1.60 bits per heavy atom. The van der Waals surface area contributed by atoms with Crippen LogP contribution in [0.1, 0.15) is 12.8 Å². The number of nitrogens with two attached hydrogens (primary N) is 1. The molecule has 0 unspecified atom stereocenters. The van der Waals surface area contributed by atoms with E-state index < -0.39 is 11.8 Å². The number of nitrogens with zero attached hydrogens (tertiary/aromatic N) is 2. The molecule has 114 valence electrons. The minimum Gasteiger partial charge on any atom is -0.395 e. The molecule has 3 amide bonds. The van der Waals surface area contributed by atoms with Crippen molar-refractivity contribution in [3.8, 4) is 0 Å². The van der Waals surface area contributed by atoms with E-state index in [0.717, 1.165) is 4.90 Å². The van der Waals surface area contributed by atoms with E-state index in [1.54, 1.807) is 0 Å². The van der Waals surface area contributed by atoms with E-state index in [9.17, 15) is 14.4 Å². The summed E-state index contributed by atoms with van der Waals surface area (Å²) in [6.45, 7) is 0.0752. The average Bonchev–Trinajstić information content (AvgIpc) is 2.45. The quantitative estimate of drug-likeness (QED) is 0.483. The number of carbonyl (C=O) groups is 3. The van der Waals surface area contributed by atoms with Crippen LogP contribution in [0, 0.1) is 5.92 Å². The highest BCUT2D eigenvalue weighted by Crippen LogP contribution is 2.17. The van der Waals surface area contributed by atoms with Crippen molar-refractivity contribution in [3.05, 3.63) is 0 Å². The average molecular weight is 287 g/mol. The normalized spacial score (nSPS) is 16.0. The van der Waals surface area contributed by atoms with Gasteiger partial charge in [-0.25, -0.2) is 0 Å². The van der Waals surface area contributed by atoms with Gasteiger partial charge in [-0.15, -0.1) is 0 Å². The number of piperidine rings is 1. The molecule has 0 aromatic rings. The van der Waals surface area contributed by atoms with Crippen molar-refractivity contribution < 1.29 is 24.6 Å². The van der Waals surface area contributed by atoms with Gasteiger partial charge < -0.3 is 25.7 Å². The fraction of sp³-hybridized carbons (Fsp3) is 0.750. The number of carbonyl (C=O) groups excluding carboxylic acids is 3. The van der Waals surface area contributed by atoms with E-state index in [1.165, 1.54) is 4.90 Å². The number of hydrogen-bond donors (Lipinski definition) is 3. The summed E-state index contributed by atoms with van der Waals surface area (Å²) in [5, 5.41) is 17.7. The molecule has 1 saturated heterocycles. The van der Waals surface area contributed by atoms with E-state index in [2.05, 4.69) is 0 Å². The van der Waals surface area contributed by atoms with Crippen molar-refractivity contribution in [2.45, 2.75) is 12.8 Å². The molecule has 1 aliphatic heterocycles. The number of rotatable bonds is 5. The van der Waals surface area contributed by atoms with Gasteiger partial charge in [0, 0.05) is 32.1 Å². The zero-order valence-electron chi connectivity index (χ0n) is 11.3. The summed E-state index contributed by atoms with van der Waals surface area (Å²) in [6.07, 6.45) is 0.905. The van der Waals surface area contributed by atoms with E-state index in [-0.39, 0.29) is 38.1 Å². The number of likely N-dealkylation sites (tertiary alicyclic amines) is 1. The fourth-order valence-electron chi connectivity index (χ4n) is 2.19. The second-order valence-electron chi connectivity index (χ2n) is 4.71. The second-order valence-corrected chi connectivity index (χ2v) is 4.71. The van der Waals surface area contributed by atoms with Crippen LogP contribution >= 0.6 is 0 Å². The van der Waals surface area contributed by atoms with Crippen LogP contribution in [0.2, 0.25) is 0 Å². The van der Waals surface area contributed by atoms with Crippen LogP contribution in [0.15, 0.2) is 0 Å². The number of primary amides is 1. The van der Waals surface area contributed by atoms with Crippen molar-refractivity contribution in [2.75, 3.05) is 39.4 Å². The van der Waals surface area contributed by atoms with Gasteiger partial charge in [0.15, 0.2) is 0 Å². The van der Waals surface area contributed by atoms with Gasteiger partial charge in [0.2, 0.25) is 5.91 Å². The van der Waals surface area contributed by atoms with Gasteiger partial charge in [0.25, 0.3) is 0 Å². The number of hydrogen-bond acceptors (Lipinski definition) is 5. The van der Waals surface area contributed by atoms with E-state index >= 15 is 0 Å². The van der Waals surface area contributed by atoms with Gasteiger partial charge in [-0.1, -0.05) is 0 Å². The first-order chi connectivity index (χ1) is 9.51. The molecule has 0 spiro atoms. The lowest BCUT2D eigenvalue weighted by atomic mass is 9.96. The van der Waals surface area contributed by atoms with Crippen molar-refractivity contribution in [2.24, 2.45) is 11.7 Å². The van der Waals surface area contributed by atoms with Crippen LogP contribution in [0.3, 0.4) is 0 Å². The molecule has 4 N–H and O–H groups in total. The molecule has 1 aliphatic rings. The molecule has 0 atom stereocenters. The molecular formula is C12H21N3O5. The molecule has 0 bridgehead atoms. The van der Waals surface area contributed by atoms with Gasteiger partial charge >= 0.3 is 11.8 Å². The molecule has 0 saturated carbocycles. The van der Waals surface area contributed by atoms with Crippen LogP contribution in [0.25, 0.3) is 0 Å². The smallest absolute Gasteiger partial charge is 0.312 e. The highest BCUT2D eigenvalue weighted by atomic mass is 16.3. The first-order valence-electron chi connectivity index (χ1n) is 6.60. The Morgan fingerprint density at radius 3 is 2.00 bits per heavy atom. The third kappa shape index (κ3) is 4.17. The van der Waals surface area contributed by atoms with Crippen LogP contribution in [0.5, 0.6) is 0 Å². The molecule has 1 rings (SSSR count). The topological polar surface area (TPSA) is 124 Å². The van der Waals surface area contributed by atoms with Gasteiger partial charge in [-0.3, -0.25) is 14.4 Å². The molecule has 8 nitrogen and oxygen atoms in total. The third-order valence-corrected chi connectivity index (χ3v) is 3.39. The van der Waals surface area contributed by atoms with Gasteiger partial charge in [-0.05, 0) is 12.8 Å². The zero-order valence-corrected chi connectivity index (χ0v) is 11.3. The largest absolute Gasteiger partial charge is 0.395 e. The highest BCUT2D eigenvalue weighted by molar-refractivity contribution is 6.34. The van der Waals surface area contributed by atoms with Crippen molar-refractivity contribution in [1.29, 1.82) is 0 Å². The SMILES string of the molecule is NC(=O)C1CCN(C(=O)C(=O)N(CCO)CCO)CC1. The van der Waals surface area contributed by atoms with E-state index in [0.29, 0.717) is 25.9 Å². The van der Waals surface area contributed by atoms with Gasteiger partial charge in [0.05, 0.1) is 13.2 Å². The summed E-state index contributed by atoms with van der Waals surface area (Å²) in [4.78, 5) is 37.5. The third-order valence-electron chi connectivity index (χ3n) is 3.39. The van der Waals surface area contributed by atoms with Crippen LogP contribution < -0.4 is 5.73 Å². The number of amides is 3. The van der Waals surface area contributed by atoms with E-state index in [1.807, 2.05) is 0 Å². The Bertz CT molecular complexity index is 360. The second kappa shape index (κ2) is 7.81. The predicted molar refractivity (Wildman–Crippen MR) is 69.3 cm³/mol. The summed E-state index contributed by atoms with van der Waals surface area (Å²) in [6, 6.07) is 0. The zero-order chi connectivity index (χ0) is 15.1. The molecule has 20 heavy (non-hydrogen) atoms. The number of aliphatic hydroxyl groups is 2. The van der Waals surface area contributed by atoms with Gasteiger partial charge in [0.1, 0.15) is 0 Å². The van der Waals surface area contributed by atoms with Gasteiger partial charge in [-0.2, -0.15) is 0 Å². The summed E-state index contributed by atoms with van der Waals surface area (Å²) >= 11 is 0. The maximum absolute atomic E-state index is 12.0. The molecule has 1 heterocycles. The maximum Gasteiger partial charge on any atom is 0.312 e. The Labute approximate surface area is 117 Å². The molecular weight excluding hydrogens is 266 g/mol. The van der Waals surface area contributed by atoms with E-state index in [4.69, 9.17) is 15.9 Å². The Morgan fingerprint density at radius 1 is 1.10 bits per heavy atom. The lowest BCUT2D eigenvalue weighted by molar-refractivity contribution is -0.153. The molecule has 0 aromatic carbocycles.